The lowest BCUT2D eigenvalue weighted by Gasteiger charge is -2.17. The standard InChI is InChI=1S/C16H27N3O/c1-3-4-14(7-10-17)5-6-16(20)19-13(2)15-8-11-18-12-9-15/h8-9,11-14H,3-7,10,17H2,1-2H3,(H,19,20)/t13-,14?/m1/s1. The number of rotatable bonds is 9. The molecule has 1 heterocycles. The topological polar surface area (TPSA) is 68.0 Å². The molecule has 0 fully saturated rings. The molecule has 0 aliphatic rings. The summed E-state index contributed by atoms with van der Waals surface area (Å²) in [5, 5.41) is 3.04. The first-order chi connectivity index (χ1) is 9.67. The van der Waals surface area contributed by atoms with Gasteiger partial charge in [-0.1, -0.05) is 19.8 Å². The van der Waals surface area contributed by atoms with Crippen molar-refractivity contribution in [1.29, 1.82) is 0 Å². The Morgan fingerprint density at radius 1 is 1.30 bits per heavy atom. The highest BCUT2D eigenvalue weighted by Crippen LogP contribution is 2.17. The second kappa shape index (κ2) is 9.48. The van der Waals surface area contributed by atoms with Crippen molar-refractivity contribution in [2.24, 2.45) is 11.7 Å². The molecule has 0 aliphatic carbocycles. The molecule has 1 unspecified atom stereocenters. The molecule has 0 saturated carbocycles. The van der Waals surface area contributed by atoms with Crippen molar-refractivity contribution in [1.82, 2.24) is 10.3 Å². The molecule has 1 rings (SSSR count). The fraction of sp³-hybridized carbons (Fsp3) is 0.625. The van der Waals surface area contributed by atoms with Gasteiger partial charge in [0.2, 0.25) is 5.91 Å². The van der Waals surface area contributed by atoms with E-state index in [4.69, 9.17) is 5.73 Å². The SMILES string of the molecule is CCCC(CCN)CCC(=O)N[C@H](C)c1ccncc1. The van der Waals surface area contributed by atoms with Crippen molar-refractivity contribution >= 4 is 5.91 Å². The van der Waals surface area contributed by atoms with Crippen molar-refractivity contribution in [3.8, 4) is 0 Å². The van der Waals surface area contributed by atoms with Crippen LogP contribution in [-0.4, -0.2) is 17.4 Å². The minimum atomic E-state index is 0.0321. The van der Waals surface area contributed by atoms with Crippen LogP contribution in [0.2, 0.25) is 0 Å². The molecule has 2 atom stereocenters. The first kappa shape index (κ1) is 16.6. The van der Waals surface area contributed by atoms with Crippen LogP contribution in [0.1, 0.15) is 57.6 Å². The Hall–Kier alpha value is -1.42. The molecular weight excluding hydrogens is 250 g/mol. The number of amides is 1. The van der Waals surface area contributed by atoms with E-state index < -0.39 is 0 Å². The predicted octanol–water partition coefficient (Wildman–Crippen LogP) is 2.80. The summed E-state index contributed by atoms with van der Waals surface area (Å²) in [5.74, 6) is 0.694. The zero-order chi connectivity index (χ0) is 14.8. The average Bonchev–Trinajstić information content (AvgIpc) is 2.46. The number of pyridine rings is 1. The van der Waals surface area contributed by atoms with E-state index in [2.05, 4.69) is 17.2 Å². The third kappa shape index (κ3) is 6.15. The monoisotopic (exact) mass is 277 g/mol. The van der Waals surface area contributed by atoms with Gasteiger partial charge in [0.15, 0.2) is 0 Å². The summed E-state index contributed by atoms with van der Waals surface area (Å²) >= 11 is 0. The molecule has 0 radical (unpaired) electrons. The summed E-state index contributed by atoms with van der Waals surface area (Å²) in [6.45, 7) is 4.88. The molecule has 3 N–H and O–H groups in total. The maximum Gasteiger partial charge on any atom is 0.220 e. The third-order valence-electron chi connectivity index (χ3n) is 3.64. The van der Waals surface area contributed by atoms with Crippen LogP contribution >= 0.6 is 0 Å². The van der Waals surface area contributed by atoms with Gasteiger partial charge in [0.1, 0.15) is 0 Å². The Kier molecular flexibility index (Phi) is 7.88. The quantitative estimate of drug-likeness (QED) is 0.729. The first-order valence-electron chi connectivity index (χ1n) is 7.56. The molecule has 0 aliphatic heterocycles. The minimum Gasteiger partial charge on any atom is -0.350 e. The fourth-order valence-electron chi connectivity index (χ4n) is 2.46. The zero-order valence-corrected chi connectivity index (χ0v) is 12.6. The molecule has 20 heavy (non-hydrogen) atoms. The lowest BCUT2D eigenvalue weighted by atomic mass is 9.94. The highest BCUT2D eigenvalue weighted by Gasteiger charge is 2.12. The number of nitrogens with one attached hydrogen (secondary N) is 1. The molecule has 1 amide bonds. The van der Waals surface area contributed by atoms with Crippen molar-refractivity contribution in [3.63, 3.8) is 0 Å². The van der Waals surface area contributed by atoms with E-state index in [0.717, 1.165) is 31.2 Å². The number of hydrogen-bond acceptors (Lipinski definition) is 3. The molecule has 112 valence electrons. The molecule has 0 aromatic carbocycles. The molecule has 0 spiro atoms. The normalized spacial score (nSPS) is 13.8. The van der Waals surface area contributed by atoms with E-state index >= 15 is 0 Å². The second-order valence-electron chi connectivity index (χ2n) is 5.34. The van der Waals surface area contributed by atoms with E-state index in [1.54, 1.807) is 12.4 Å². The van der Waals surface area contributed by atoms with Crippen LogP contribution in [0, 0.1) is 5.92 Å². The van der Waals surface area contributed by atoms with Crippen LogP contribution in [0.4, 0.5) is 0 Å². The predicted molar refractivity (Wildman–Crippen MR) is 82.1 cm³/mol. The van der Waals surface area contributed by atoms with Crippen LogP contribution in [0.3, 0.4) is 0 Å². The first-order valence-corrected chi connectivity index (χ1v) is 7.56. The third-order valence-corrected chi connectivity index (χ3v) is 3.64. The van der Waals surface area contributed by atoms with Crippen LogP contribution in [0.5, 0.6) is 0 Å². The van der Waals surface area contributed by atoms with Crippen LogP contribution in [0.25, 0.3) is 0 Å². The van der Waals surface area contributed by atoms with Gasteiger partial charge in [-0.15, -0.1) is 0 Å². The lowest BCUT2D eigenvalue weighted by Crippen LogP contribution is -2.27. The summed E-state index contributed by atoms with van der Waals surface area (Å²) in [7, 11) is 0. The molecular formula is C16H27N3O. The van der Waals surface area contributed by atoms with Crippen LogP contribution in [0.15, 0.2) is 24.5 Å². The number of nitrogens with zero attached hydrogens (tertiary/aromatic N) is 1. The van der Waals surface area contributed by atoms with Gasteiger partial charge in [0, 0.05) is 18.8 Å². The highest BCUT2D eigenvalue weighted by atomic mass is 16.1. The van der Waals surface area contributed by atoms with E-state index in [-0.39, 0.29) is 11.9 Å². The Morgan fingerprint density at radius 3 is 2.60 bits per heavy atom. The number of carbonyl (C=O) groups excluding carboxylic acids is 1. The fourth-order valence-corrected chi connectivity index (χ4v) is 2.46. The zero-order valence-electron chi connectivity index (χ0n) is 12.6. The number of hydrogen-bond donors (Lipinski definition) is 2. The second-order valence-corrected chi connectivity index (χ2v) is 5.34. The Labute approximate surface area is 122 Å². The number of nitrogens with two attached hydrogens (primary N) is 1. The lowest BCUT2D eigenvalue weighted by molar-refractivity contribution is -0.122. The molecule has 0 saturated heterocycles. The highest BCUT2D eigenvalue weighted by molar-refractivity contribution is 5.76. The Morgan fingerprint density at radius 2 is 2.00 bits per heavy atom. The molecule has 4 nitrogen and oxygen atoms in total. The Bertz CT molecular complexity index is 375. The summed E-state index contributed by atoms with van der Waals surface area (Å²) in [6.07, 6.45) is 8.33. The van der Waals surface area contributed by atoms with Crippen molar-refractivity contribution < 1.29 is 4.79 Å². The molecule has 1 aromatic rings. The summed E-state index contributed by atoms with van der Waals surface area (Å²) in [4.78, 5) is 16.0. The van der Waals surface area contributed by atoms with Gasteiger partial charge in [0.05, 0.1) is 6.04 Å². The van der Waals surface area contributed by atoms with Crippen molar-refractivity contribution in [3.05, 3.63) is 30.1 Å². The van der Waals surface area contributed by atoms with Gasteiger partial charge in [-0.25, -0.2) is 0 Å². The van der Waals surface area contributed by atoms with Gasteiger partial charge in [-0.2, -0.15) is 0 Å². The van der Waals surface area contributed by atoms with Gasteiger partial charge >= 0.3 is 0 Å². The maximum absolute atomic E-state index is 12.0. The van der Waals surface area contributed by atoms with E-state index in [1.165, 1.54) is 0 Å². The van der Waals surface area contributed by atoms with Crippen LogP contribution < -0.4 is 11.1 Å². The summed E-state index contributed by atoms with van der Waals surface area (Å²) in [6, 6.07) is 3.89. The minimum absolute atomic E-state index is 0.0321. The molecule has 0 bridgehead atoms. The Balaban J connectivity index is 2.35. The van der Waals surface area contributed by atoms with Gasteiger partial charge in [-0.3, -0.25) is 9.78 Å². The summed E-state index contributed by atoms with van der Waals surface area (Å²) in [5.41, 5.74) is 6.70. The van der Waals surface area contributed by atoms with Gasteiger partial charge in [0.25, 0.3) is 0 Å². The van der Waals surface area contributed by atoms with E-state index in [1.807, 2.05) is 19.1 Å². The van der Waals surface area contributed by atoms with Gasteiger partial charge in [-0.05, 0) is 49.9 Å². The maximum atomic E-state index is 12.0. The van der Waals surface area contributed by atoms with E-state index in [0.29, 0.717) is 18.9 Å². The molecule has 4 heteroatoms. The smallest absolute Gasteiger partial charge is 0.220 e. The van der Waals surface area contributed by atoms with Gasteiger partial charge < -0.3 is 11.1 Å². The van der Waals surface area contributed by atoms with Crippen molar-refractivity contribution in [2.75, 3.05) is 6.54 Å². The number of carbonyl (C=O) groups is 1. The largest absolute Gasteiger partial charge is 0.350 e. The molecule has 1 aromatic heterocycles. The summed E-state index contributed by atoms with van der Waals surface area (Å²) < 4.78 is 0. The van der Waals surface area contributed by atoms with Crippen molar-refractivity contribution in [2.45, 2.75) is 52.0 Å². The number of aromatic nitrogens is 1. The van der Waals surface area contributed by atoms with E-state index in [9.17, 15) is 4.79 Å². The average molecular weight is 277 g/mol. The van der Waals surface area contributed by atoms with Crippen LogP contribution in [-0.2, 0) is 4.79 Å².